The van der Waals surface area contributed by atoms with Gasteiger partial charge in [-0.2, -0.15) is 0 Å². The maximum absolute atomic E-state index is 12.8. The lowest BCUT2D eigenvalue weighted by Crippen LogP contribution is -2.48. The van der Waals surface area contributed by atoms with Crippen molar-refractivity contribution in [3.8, 4) is 0 Å². The van der Waals surface area contributed by atoms with Crippen LogP contribution in [0.3, 0.4) is 0 Å². The molecule has 1 amide bonds. The van der Waals surface area contributed by atoms with E-state index in [4.69, 9.17) is 4.74 Å². The Labute approximate surface area is 181 Å². The van der Waals surface area contributed by atoms with Crippen LogP contribution in [0.4, 0.5) is 0 Å². The highest BCUT2D eigenvalue weighted by Gasteiger charge is 2.27. The molecular weight excluding hydrogens is 376 g/mol. The molecule has 3 atom stereocenters. The molecule has 2 fully saturated rings. The van der Waals surface area contributed by atoms with E-state index in [9.17, 15) is 4.79 Å². The van der Waals surface area contributed by atoms with Gasteiger partial charge in [0, 0.05) is 45.3 Å². The number of benzene rings is 1. The number of likely N-dealkylation sites (tertiary alicyclic amines) is 1. The van der Waals surface area contributed by atoms with Crippen molar-refractivity contribution < 1.29 is 9.53 Å². The number of morpholine rings is 1. The summed E-state index contributed by atoms with van der Waals surface area (Å²) in [6.45, 7) is 12.8. The lowest BCUT2D eigenvalue weighted by Gasteiger charge is -2.35. The Kier molecular flexibility index (Phi) is 7.75. The fourth-order valence-electron chi connectivity index (χ4n) is 4.69. The van der Waals surface area contributed by atoms with E-state index in [1.165, 1.54) is 12.8 Å². The molecule has 0 bridgehead atoms. The number of nitrogens with one attached hydrogen (secondary N) is 1. The Morgan fingerprint density at radius 1 is 1.13 bits per heavy atom. The minimum atomic E-state index is 0.0821. The van der Waals surface area contributed by atoms with Gasteiger partial charge in [-0.05, 0) is 56.2 Å². The number of carbonyl (C=O) groups excluding carboxylic acids is 1. The molecule has 3 rings (SSSR count). The van der Waals surface area contributed by atoms with Crippen molar-refractivity contribution in [2.45, 2.75) is 59.3 Å². The van der Waals surface area contributed by atoms with Gasteiger partial charge in [0.05, 0.1) is 12.2 Å². The van der Waals surface area contributed by atoms with Gasteiger partial charge < -0.3 is 19.9 Å². The highest BCUT2D eigenvalue weighted by Crippen LogP contribution is 2.23. The van der Waals surface area contributed by atoms with Crippen molar-refractivity contribution in [2.24, 2.45) is 16.8 Å². The minimum absolute atomic E-state index is 0.0821. The summed E-state index contributed by atoms with van der Waals surface area (Å²) in [4.78, 5) is 21.6. The molecule has 166 valence electrons. The molecule has 3 unspecified atom stereocenters. The Morgan fingerprint density at radius 2 is 1.80 bits per heavy atom. The average molecular weight is 415 g/mol. The fraction of sp³-hybridized carbons (Fsp3) is 0.667. The second kappa shape index (κ2) is 10.3. The molecule has 1 aromatic carbocycles. The predicted octanol–water partition coefficient (Wildman–Crippen LogP) is 3.38. The molecule has 2 saturated heterocycles. The maximum Gasteiger partial charge on any atom is 0.254 e. The third kappa shape index (κ3) is 5.97. The van der Waals surface area contributed by atoms with E-state index >= 15 is 0 Å². The number of hydrogen-bond acceptors (Lipinski definition) is 3. The van der Waals surface area contributed by atoms with Gasteiger partial charge in [-0.25, -0.2) is 0 Å². The SMILES string of the molecule is CN=C(NCc1ccc(C(=O)N2CC(C)OC(C)C2)cc1)N1CCC(CC(C)C)C1. The van der Waals surface area contributed by atoms with E-state index in [1.54, 1.807) is 0 Å². The first kappa shape index (κ1) is 22.6. The number of nitrogens with zero attached hydrogens (tertiary/aromatic N) is 3. The summed E-state index contributed by atoms with van der Waals surface area (Å²) in [5, 5.41) is 3.49. The number of amides is 1. The van der Waals surface area contributed by atoms with Crippen molar-refractivity contribution in [3.05, 3.63) is 35.4 Å². The van der Waals surface area contributed by atoms with Crippen molar-refractivity contribution >= 4 is 11.9 Å². The van der Waals surface area contributed by atoms with Gasteiger partial charge in [0.25, 0.3) is 5.91 Å². The Balaban J connectivity index is 1.52. The topological polar surface area (TPSA) is 57.2 Å². The molecule has 2 aliphatic heterocycles. The molecule has 2 heterocycles. The van der Waals surface area contributed by atoms with Crippen LogP contribution >= 0.6 is 0 Å². The van der Waals surface area contributed by atoms with E-state index < -0.39 is 0 Å². The van der Waals surface area contributed by atoms with Crippen LogP contribution in [0, 0.1) is 11.8 Å². The molecule has 1 N–H and O–H groups in total. The Bertz CT molecular complexity index is 721. The molecule has 6 nitrogen and oxygen atoms in total. The van der Waals surface area contributed by atoms with Crippen molar-refractivity contribution in [1.82, 2.24) is 15.1 Å². The van der Waals surface area contributed by atoms with E-state index in [2.05, 4.69) is 29.1 Å². The number of aliphatic imine (C=N–C) groups is 1. The molecule has 1 aromatic rings. The Morgan fingerprint density at radius 3 is 2.40 bits per heavy atom. The monoisotopic (exact) mass is 414 g/mol. The highest BCUT2D eigenvalue weighted by molar-refractivity contribution is 5.94. The van der Waals surface area contributed by atoms with Crippen molar-refractivity contribution in [3.63, 3.8) is 0 Å². The number of guanidine groups is 1. The second-order valence-corrected chi connectivity index (χ2v) is 9.30. The van der Waals surface area contributed by atoms with Crippen LogP contribution in [-0.4, -0.2) is 67.1 Å². The van der Waals surface area contributed by atoms with Gasteiger partial charge in [0.1, 0.15) is 0 Å². The van der Waals surface area contributed by atoms with E-state index in [1.807, 2.05) is 50.1 Å². The maximum atomic E-state index is 12.8. The highest BCUT2D eigenvalue weighted by atomic mass is 16.5. The summed E-state index contributed by atoms with van der Waals surface area (Å²) in [7, 11) is 1.85. The summed E-state index contributed by atoms with van der Waals surface area (Å²) in [5.41, 5.74) is 1.88. The smallest absolute Gasteiger partial charge is 0.254 e. The molecule has 0 radical (unpaired) electrons. The Hall–Kier alpha value is -2.08. The number of ether oxygens (including phenoxy) is 1. The zero-order valence-corrected chi connectivity index (χ0v) is 19.2. The zero-order valence-electron chi connectivity index (χ0n) is 19.2. The number of carbonyl (C=O) groups is 1. The molecule has 30 heavy (non-hydrogen) atoms. The fourth-order valence-corrected chi connectivity index (χ4v) is 4.69. The van der Waals surface area contributed by atoms with E-state index in [0.717, 1.165) is 42.0 Å². The second-order valence-electron chi connectivity index (χ2n) is 9.30. The molecular formula is C24H38N4O2. The zero-order chi connectivity index (χ0) is 21.7. The summed E-state index contributed by atoms with van der Waals surface area (Å²) in [6.07, 6.45) is 2.69. The van der Waals surface area contributed by atoms with Crippen molar-refractivity contribution in [1.29, 1.82) is 0 Å². The van der Waals surface area contributed by atoms with Crippen LogP contribution in [0.25, 0.3) is 0 Å². The normalized spacial score (nSPS) is 25.1. The summed E-state index contributed by atoms with van der Waals surface area (Å²) >= 11 is 0. The summed E-state index contributed by atoms with van der Waals surface area (Å²) in [5.74, 6) is 2.56. The number of hydrogen-bond donors (Lipinski definition) is 1. The van der Waals surface area contributed by atoms with Gasteiger partial charge in [-0.3, -0.25) is 9.79 Å². The van der Waals surface area contributed by atoms with Crippen LogP contribution < -0.4 is 5.32 Å². The lowest BCUT2D eigenvalue weighted by molar-refractivity contribution is -0.0586. The summed E-state index contributed by atoms with van der Waals surface area (Å²) < 4.78 is 5.74. The standard InChI is InChI=1S/C24H38N4O2/c1-17(2)12-21-10-11-27(16-21)24(25-5)26-13-20-6-8-22(9-7-20)23(29)28-14-18(3)30-19(4)15-28/h6-9,17-19,21H,10-16H2,1-5H3,(H,25,26). The molecule has 0 aromatic heterocycles. The quantitative estimate of drug-likeness (QED) is 0.593. The van der Waals surface area contributed by atoms with E-state index in [-0.39, 0.29) is 18.1 Å². The third-order valence-corrected chi connectivity index (χ3v) is 5.96. The first-order valence-corrected chi connectivity index (χ1v) is 11.3. The van der Waals surface area contributed by atoms with Crippen LogP contribution in [-0.2, 0) is 11.3 Å². The lowest BCUT2D eigenvalue weighted by atomic mass is 9.97. The molecule has 6 heteroatoms. The molecule has 2 aliphatic rings. The van der Waals surface area contributed by atoms with E-state index in [0.29, 0.717) is 19.6 Å². The molecule has 0 aliphatic carbocycles. The molecule has 0 spiro atoms. The molecule has 0 saturated carbocycles. The van der Waals surface area contributed by atoms with Crippen LogP contribution in [0.1, 0.15) is 56.5 Å². The average Bonchev–Trinajstić information content (AvgIpc) is 3.15. The van der Waals surface area contributed by atoms with Crippen molar-refractivity contribution in [2.75, 3.05) is 33.2 Å². The van der Waals surface area contributed by atoms with Gasteiger partial charge in [-0.15, -0.1) is 0 Å². The minimum Gasteiger partial charge on any atom is -0.372 e. The first-order chi connectivity index (χ1) is 14.4. The van der Waals surface area contributed by atoms with Gasteiger partial charge >= 0.3 is 0 Å². The third-order valence-electron chi connectivity index (χ3n) is 5.96. The van der Waals surface area contributed by atoms with Crippen LogP contribution in [0.5, 0.6) is 0 Å². The van der Waals surface area contributed by atoms with Gasteiger partial charge in [-0.1, -0.05) is 26.0 Å². The van der Waals surface area contributed by atoms with Crippen LogP contribution in [0.15, 0.2) is 29.3 Å². The van der Waals surface area contributed by atoms with Gasteiger partial charge in [0.2, 0.25) is 0 Å². The van der Waals surface area contributed by atoms with Crippen LogP contribution in [0.2, 0.25) is 0 Å². The van der Waals surface area contributed by atoms with Gasteiger partial charge in [0.15, 0.2) is 5.96 Å². The number of rotatable bonds is 5. The summed E-state index contributed by atoms with van der Waals surface area (Å²) in [6, 6.07) is 7.93. The first-order valence-electron chi connectivity index (χ1n) is 11.3. The largest absolute Gasteiger partial charge is 0.372 e. The predicted molar refractivity (Wildman–Crippen MR) is 122 cm³/mol.